The molecule has 1 aromatic carbocycles. The molecule has 1 aliphatic rings. The van der Waals surface area contributed by atoms with Crippen LogP contribution in [0.2, 0.25) is 0 Å². The van der Waals surface area contributed by atoms with Gasteiger partial charge in [0.15, 0.2) is 6.10 Å². The van der Waals surface area contributed by atoms with Gasteiger partial charge in [-0.1, -0.05) is 13.8 Å². The summed E-state index contributed by atoms with van der Waals surface area (Å²) in [7, 11) is 3.14. The third-order valence-corrected chi connectivity index (χ3v) is 4.21. The summed E-state index contributed by atoms with van der Waals surface area (Å²) in [6, 6.07) is 4.26. The highest BCUT2D eigenvalue weighted by Gasteiger charge is 2.36. The minimum Gasteiger partial charge on any atom is -0.449 e. The van der Waals surface area contributed by atoms with E-state index < -0.39 is 18.0 Å². The molecule has 0 radical (unpaired) electrons. The van der Waals surface area contributed by atoms with Gasteiger partial charge in [0.25, 0.3) is 17.7 Å². The molecule has 1 heterocycles. The van der Waals surface area contributed by atoms with Crippen molar-refractivity contribution in [3.8, 4) is 0 Å². The number of fused-ring (bicyclic) bond motifs is 1. The van der Waals surface area contributed by atoms with E-state index in [2.05, 4.69) is 0 Å². The number of hydrogen-bond donors (Lipinski definition) is 0. The van der Waals surface area contributed by atoms with Gasteiger partial charge in [0.1, 0.15) is 0 Å². The number of likely N-dealkylation sites (N-methyl/N-ethyl adjacent to an activating group) is 1. The Morgan fingerprint density at radius 3 is 2.27 bits per heavy atom. The normalized spacial score (nSPS) is 14.5. The number of carbonyl (C=O) groups excluding carboxylic acids is 4. The number of imide groups is 1. The Hall–Kier alpha value is -2.70. The van der Waals surface area contributed by atoms with Gasteiger partial charge in [-0.05, 0) is 37.5 Å². The minimum absolute atomic E-state index is 0.133. The quantitative estimate of drug-likeness (QED) is 0.572. The number of amides is 3. The van der Waals surface area contributed by atoms with Crippen LogP contribution in [0.5, 0.6) is 0 Å². The summed E-state index contributed by atoms with van der Waals surface area (Å²) in [5.41, 5.74) is 0.613. The van der Waals surface area contributed by atoms with E-state index in [0.29, 0.717) is 18.9 Å². The van der Waals surface area contributed by atoms with E-state index in [0.717, 1.165) is 0 Å². The highest BCUT2D eigenvalue weighted by Crippen LogP contribution is 2.25. The van der Waals surface area contributed by atoms with Gasteiger partial charge in [-0.3, -0.25) is 19.3 Å². The molecule has 0 saturated heterocycles. The second-order valence-corrected chi connectivity index (χ2v) is 6.99. The molecule has 3 amide bonds. The van der Waals surface area contributed by atoms with Gasteiger partial charge in [0.2, 0.25) is 0 Å². The molecule has 7 nitrogen and oxygen atoms in total. The van der Waals surface area contributed by atoms with E-state index in [-0.39, 0.29) is 28.5 Å². The zero-order valence-corrected chi connectivity index (χ0v) is 15.7. The average molecular weight is 360 g/mol. The zero-order valence-electron chi connectivity index (χ0n) is 15.7. The molecule has 0 bridgehead atoms. The number of carbonyl (C=O) groups is 4. The first kappa shape index (κ1) is 19.6. The van der Waals surface area contributed by atoms with Crippen molar-refractivity contribution in [2.45, 2.75) is 33.3 Å². The number of benzene rings is 1. The molecule has 0 aliphatic carbocycles. The molecule has 7 heteroatoms. The van der Waals surface area contributed by atoms with Crippen LogP contribution in [-0.4, -0.2) is 60.2 Å². The van der Waals surface area contributed by atoms with E-state index >= 15 is 0 Å². The van der Waals surface area contributed by atoms with E-state index in [4.69, 9.17) is 4.74 Å². The topological polar surface area (TPSA) is 84.0 Å². The van der Waals surface area contributed by atoms with Crippen LogP contribution < -0.4 is 0 Å². The summed E-state index contributed by atoms with van der Waals surface area (Å²) >= 11 is 0. The first-order valence-corrected chi connectivity index (χ1v) is 8.55. The molecule has 0 unspecified atom stereocenters. The SMILES string of the molecule is CC(C)CCN1C(=O)c2ccc(C(=O)O[C@@H](C)C(=O)N(C)C)cc2C1=O. The highest BCUT2D eigenvalue weighted by molar-refractivity contribution is 6.22. The molecule has 0 N–H and O–H groups in total. The number of esters is 1. The molecule has 0 aromatic heterocycles. The molecule has 0 spiro atoms. The first-order chi connectivity index (χ1) is 12.1. The zero-order chi connectivity index (χ0) is 19.6. The lowest BCUT2D eigenvalue weighted by atomic mass is 10.1. The summed E-state index contributed by atoms with van der Waals surface area (Å²) in [6.07, 6.45) is -0.226. The van der Waals surface area contributed by atoms with Crippen molar-refractivity contribution in [3.63, 3.8) is 0 Å². The van der Waals surface area contributed by atoms with Gasteiger partial charge < -0.3 is 9.64 Å². The summed E-state index contributed by atoms with van der Waals surface area (Å²) in [5.74, 6) is -1.44. The predicted octanol–water partition coefficient (Wildman–Crippen LogP) is 1.96. The Kier molecular flexibility index (Phi) is 5.79. The smallest absolute Gasteiger partial charge is 0.338 e. The molecule has 1 atom stereocenters. The van der Waals surface area contributed by atoms with Crippen LogP contribution in [0.15, 0.2) is 18.2 Å². The lowest BCUT2D eigenvalue weighted by Crippen LogP contribution is -2.34. The van der Waals surface area contributed by atoms with Gasteiger partial charge >= 0.3 is 5.97 Å². The number of rotatable bonds is 6. The molecule has 26 heavy (non-hydrogen) atoms. The van der Waals surface area contributed by atoms with Crippen molar-refractivity contribution in [2.75, 3.05) is 20.6 Å². The van der Waals surface area contributed by atoms with Crippen LogP contribution in [-0.2, 0) is 9.53 Å². The summed E-state index contributed by atoms with van der Waals surface area (Å²) in [4.78, 5) is 51.5. The van der Waals surface area contributed by atoms with E-state index in [1.165, 1.54) is 34.9 Å². The Balaban J connectivity index is 2.17. The molecule has 1 aliphatic heterocycles. The van der Waals surface area contributed by atoms with Crippen LogP contribution >= 0.6 is 0 Å². The van der Waals surface area contributed by atoms with Crippen LogP contribution in [0.25, 0.3) is 0 Å². The first-order valence-electron chi connectivity index (χ1n) is 8.55. The molecular weight excluding hydrogens is 336 g/mol. The van der Waals surface area contributed by atoms with Gasteiger partial charge in [0, 0.05) is 20.6 Å². The Morgan fingerprint density at radius 2 is 1.69 bits per heavy atom. The fourth-order valence-corrected chi connectivity index (χ4v) is 2.65. The maximum absolute atomic E-state index is 12.5. The molecule has 0 fully saturated rings. The van der Waals surface area contributed by atoms with Gasteiger partial charge in [-0.2, -0.15) is 0 Å². The predicted molar refractivity (Wildman–Crippen MR) is 94.8 cm³/mol. The maximum Gasteiger partial charge on any atom is 0.338 e. The molecule has 2 rings (SSSR count). The number of hydrogen-bond acceptors (Lipinski definition) is 5. The molecule has 0 saturated carbocycles. The Morgan fingerprint density at radius 1 is 1.08 bits per heavy atom. The van der Waals surface area contributed by atoms with Crippen molar-refractivity contribution in [1.82, 2.24) is 9.80 Å². The summed E-state index contributed by atoms with van der Waals surface area (Å²) in [5, 5.41) is 0. The Labute approximate surface area is 152 Å². The highest BCUT2D eigenvalue weighted by atomic mass is 16.5. The van der Waals surface area contributed by atoms with Gasteiger partial charge in [-0.25, -0.2) is 4.79 Å². The third-order valence-electron chi connectivity index (χ3n) is 4.21. The van der Waals surface area contributed by atoms with Gasteiger partial charge in [-0.15, -0.1) is 0 Å². The van der Waals surface area contributed by atoms with Crippen molar-refractivity contribution in [2.24, 2.45) is 5.92 Å². The number of nitrogens with zero attached hydrogens (tertiary/aromatic N) is 2. The van der Waals surface area contributed by atoms with Crippen molar-refractivity contribution in [3.05, 3.63) is 34.9 Å². The second kappa shape index (κ2) is 7.68. The van der Waals surface area contributed by atoms with Crippen LogP contribution in [0, 0.1) is 5.92 Å². The van der Waals surface area contributed by atoms with Gasteiger partial charge in [0.05, 0.1) is 16.7 Å². The minimum atomic E-state index is -0.939. The number of ether oxygens (including phenoxy) is 1. The standard InChI is InChI=1S/C19H24N2O5/c1-11(2)8-9-21-17(23)14-7-6-13(10-15(14)18(21)24)19(25)26-12(3)16(22)20(4)5/h6-7,10-12H,8-9H2,1-5H3/t12-/m0/s1. The van der Waals surface area contributed by atoms with Crippen LogP contribution in [0.4, 0.5) is 0 Å². The fourth-order valence-electron chi connectivity index (χ4n) is 2.65. The molecule has 140 valence electrons. The van der Waals surface area contributed by atoms with E-state index in [9.17, 15) is 19.2 Å². The van der Waals surface area contributed by atoms with Crippen LogP contribution in [0.1, 0.15) is 58.3 Å². The lowest BCUT2D eigenvalue weighted by Gasteiger charge is -2.17. The van der Waals surface area contributed by atoms with Crippen molar-refractivity contribution in [1.29, 1.82) is 0 Å². The van der Waals surface area contributed by atoms with E-state index in [1.54, 1.807) is 14.1 Å². The molecular formula is C19H24N2O5. The summed E-state index contributed by atoms with van der Waals surface area (Å²) < 4.78 is 5.15. The fraction of sp³-hybridized carbons (Fsp3) is 0.474. The van der Waals surface area contributed by atoms with E-state index in [1.807, 2.05) is 13.8 Å². The third kappa shape index (κ3) is 3.92. The Bertz CT molecular complexity index is 754. The molecule has 1 aromatic rings. The second-order valence-electron chi connectivity index (χ2n) is 6.99. The monoisotopic (exact) mass is 360 g/mol. The largest absolute Gasteiger partial charge is 0.449 e. The lowest BCUT2D eigenvalue weighted by molar-refractivity contribution is -0.137. The van der Waals surface area contributed by atoms with Crippen LogP contribution in [0.3, 0.4) is 0 Å². The summed E-state index contributed by atoms with van der Waals surface area (Å²) in [6.45, 7) is 5.86. The maximum atomic E-state index is 12.5. The van der Waals surface area contributed by atoms with Crippen molar-refractivity contribution >= 4 is 23.7 Å². The van der Waals surface area contributed by atoms with Crippen molar-refractivity contribution < 1.29 is 23.9 Å². The average Bonchev–Trinajstić information content (AvgIpc) is 2.82.